The second kappa shape index (κ2) is 5.09. The zero-order valence-corrected chi connectivity index (χ0v) is 9.12. The van der Waals surface area contributed by atoms with E-state index < -0.39 is 12.1 Å². The lowest BCUT2D eigenvalue weighted by atomic mass is 10.1. The van der Waals surface area contributed by atoms with E-state index in [0.29, 0.717) is 13.0 Å². The fraction of sp³-hybridized carbons (Fsp3) is 0.545. The number of allylic oxidation sites excluding steroid dienone is 2. The van der Waals surface area contributed by atoms with E-state index in [1.54, 1.807) is 6.08 Å². The second-order valence-corrected chi connectivity index (χ2v) is 3.86. The van der Waals surface area contributed by atoms with E-state index in [4.69, 9.17) is 0 Å². The summed E-state index contributed by atoms with van der Waals surface area (Å²) in [5.74, 6) is -1.13. The molecule has 1 rings (SSSR count). The van der Waals surface area contributed by atoms with Gasteiger partial charge >= 0.3 is 0 Å². The summed E-state index contributed by atoms with van der Waals surface area (Å²) in [6, 6.07) is 0. The molecule has 0 amide bonds. The smallest absolute Gasteiger partial charge is 0.136 e. The first-order valence-corrected chi connectivity index (χ1v) is 5.19. The van der Waals surface area contributed by atoms with Crippen molar-refractivity contribution in [1.29, 1.82) is 0 Å². The van der Waals surface area contributed by atoms with Crippen LogP contribution in [0.25, 0.3) is 0 Å². The van der Waals surface area contributed by atoms with Crippen molar-refractivity contribution in [1.82, 2.24) is 0 Å². The van der Waals surface area contributed by atoms with Crippen LogP contribution >= 0.6 is 0 Å². The van der Waals surface area contributed by atoms with E-state index in [9.17, 15) is 15.0 Å². The largest absolute Gasteiger partial charge is 0.545 e. The van der Waals surface area contributed by atoms with Crippen LogP contribution in [0.5, 0.6) is 0 Å². The van der Waals surface area contributed by atoms with Crippen LogP contribution < -0.4 is 10.0 Å². The summed E-state index contributed by atoms with van der Waals surface area (Å²) < 4.78 is 0. The van der Waals surface area contributed by atoms with Gasteiger partial charge in [0.1, 0.15) is 18.3 Å². The highest BCUT2D eigenvalue weighted by Gasteiger charge is 2.23. The summed E-state index contributed by atoms with van der Waals surface area (Å²) >= 11 is 0. The Labute approximate surface area is 89.5 Å². The number of aliphatic carboxylic acids is 1. The minimum absolute atomic E-state index is 0.278. The quantitative estimate of drug-likeness (QED) is 0.579. The number of quaternary nitrogens is 1. The van der Waals surface area contributed by atoms with Gasteiger partial charge in [0, 0.05) is 5.57 Å². The highest BCUT2D eigenvalue weighted by Crippen LogP contribution is 2.07. The lowest BCUT2D eigenvalue weighted by Gasteiger charge is -2.25. The zero-order valence-electron chi connectivity index (χ0n) is 9.12. The molecule has 84 valence electrons. The predicted molar refractivity (Wildman–Crippen MR) is 53.8 cm³/mol. The van der Waals surface area contributed by atoms with Gasteiger partial charge in [0.25, 0.3) is 0 Å². The Morgan fingerprint density at radius 3 is 2.80 bits per heavy atom. The Morgan fingerprint density at radius 1 is 1.67 bits per heavy atom. The molecular formula is C11H17NO3. The molecule has 1 aliphatic heterocycles. The molecular weight excluding hydrogens is 194 g/mol. The van der Waals surface area contributed by atoms with Gasteiger partial charge < -0.3 is 19.9 Å². The standard InChI is InChI=1S/C11H17NO3/c1-3-4-10(13)9-6-5-8(11(14)15)7-12(9)2/h5-6,10,13H,3-4,7H2,1-2H3,(H,14,15)/t10-/m0/s1. The van der Waals surface area contributed by atoms with Crippen molar-refractivity contribution < 1.29 is 19.9 Å². The fourth-order valence-electron chi connectivity index (χ4n) is 1.74. The van der Waals surface area contributed by atoms with Crippen molar-refractivity contribution in [3.05, 3.63) is 23.4 Å². The van der Waals surface area contributed by atoms with Crippen LogP contribution in [0.3, 0.4) is 0 Å². The van der Waals surface area contributed by atoms with Gasteiger partial charge in [0.2, 0.25) is 0 Å². The summed E-state index contributed by atoms with van der Waals surface area (Å²) in [6.45, 7) is 2.37. The molecule has 0 aliphatic carbocycles. The molecule has 0 saturated heterocycles. The van der Waals surface area contributed by atoms with E-state index in [0.717, 1.165) is 17.0 Å². The molecule has 1 aliphatic rings. The molecule has 1 heterocycles. The highest BCUT2D eigenvalue weighted by atomic mass is 16.4. The van der Waals surface area contributed by atoms with Crippen LogP contribution in [-0.2, 0) is 4.79 Å². The summed E-state index contributed by atoms with van der Waals surface area (Å²) in [7, 11) is 1.85. The number of likely N-dealkylation sites (N-methyl/N-ethyl adjacent to an activating group) is 1. The zero-order chi connectivity index (χ0) is 11.4. The minimum atomic E-state index is -1.13. The van der Waals surface area contributed by atoms with Gasteiger partial charge in [-0.2, -0.15) is 0 Å². The third kappa shape index (κ3) is 2.91. The molecule has 2 N–H and O–H groups in total. The molecule has 0 saturated carbocycles. The molecule has 2 atom stereocenters. The Morgan fingerprint density at radius 2 is 2.33 bits per heavy atom. The Kier molecular flexibility index (Phi) is 4.05. The molecule has 4 nitrogen and oxygen atoms in total. The molecule has 0 aromatic heterocycles. The van der Waals surface area contributed by atoms with Gasteiger partial charge in [-0.1, -0.05) is 13.3 Å². The number of hydrogen-bond acceptors (Lipinski definition) is 3. The highest BCUT2D eigenvalue weighted by molar-refractivity contribution is 5.85. The first kappa shape index (κ1) is 11.9. The normalized spacial score (nSPS) is 23.0. The third-order valence-electron chi connectivity index (χ3n) is 2.60. The molecule has 0 aromatic rings. The number of carboxylic acid groups (broad SMARTS) is 1. The molecule has 0 fully saturated rings. The number of carbonyl (C=O) groups is 1. The molecule has 0 bridgehead atoms. The fourth-order valence-corrected chi connectivity index (χ4v) is 1.74. The van der Waals surface area contributed by atoms with Crippen molar-refractivity contribution in [2.24, 2.45) is 0 Å². The Bertz CT molecular complexity index is 307. The molecule has 1 unspecified atom stereocenters. The number of hydrogen-bond donors (Lipinski definition) is 2. The number of nitrogens with one attached hydrogen (secondary N) is 1. The van der Waals surface area contributed by atoms with Crippen molar-refractivity contribution in [3.63, 3.8) is 0 Å². The molecule has 0 spiro atoms. The maximum absolute atomic E-state index is 10.6. The predicted octanol–water partition coefficient (Wildman–Crippen LogP) is -1.76. The van der Waals surface area contributed by atoms with E-state index in [1.165, 1.54) is 6.08 Å². The number of aliphatic hydroxyl groups is 1. The molecule has 0 radical (unpaired) electrons. The van der Waals surface area contributed by atoms with Crippen molar-refractivity contribution >= 4 is 5.97 Å². The van der Waals surface area contributed by atoms with Crippen molar-refractivity contribution in [2.45, 2.75) is 25.9 Å². The Balaban J connectivity index is 2.78. The average Bonchev–Trinajstić information content (AvgIpc) is 2.17. The lowest BCUT2D eigenvalue weighted by molar-refractivity contribution is -0.838. The first-order chi connectivity index (χ1) is 7.06. The average molecular weight is 211 g/mol. The van der Waals surface area contributed by atoms with Gasteiger partial charge in [-0.05, 0) is 18.6 Å². The van der Waals surface area contributed by atoms with E-state index in [1.807, 2.05) is 14.0 Å². The van der Waals surface area contributed by atoms with Crippen LogP contribution in [0, 0.1) is 0 Å². The van der Waals surface area contributed by atoms with Crippen LogP contribution in [-0.4, -0.2) is 30.8 Å². The van der Waals surface area contributed by atoms with Crippen LogP contribution in [0.1, 0.15) is 19.8 Å². The summed E-state index contributed by atoms with van der Waals surface area (Å²) in [5.41, 5.74) is 1.13. The maximum Gasteiger partial charge on any atom is 0.136 e. The molecule has 15 heavy (non-hydrogen) atoms. The van der Waals surface area contributed by atoms with Gasteiger partial charge in [-0.3, -0.25) is 0 Å². The lowest BCUT2D eigenvalue weighted by Crippen LogP contribution is -3.09. The number of carboxylic acids is 1. The van der Waals surface area contributed by atoms with Gasteiger partial charge in [0.05, 0.1) is 13.0 Å². The van der Waals surface area contributed by atoms with Gasteiger partial charge in [-0.25, -0.2) is 0 Å². The number of aliphatic hydroxyl groups excluding tert-OH is 1. The van der Waals surface area contributed by atoms with Crippen LogP contribution in [0.15, 0.2) is 23.4 Å². The van der Waals surface area contributed by atoms with Crippen molar-refractivity contribution in [3.8, 4) is 0 Å². The monoisotopic (exact) mass is 211 g/mol. The third-order valence-corrected chi connectivity index (χ3v) is 2.60. The van der Waals surface area contributed by atoms with Gasteiger partial charge in [-0.15, -0.1) is 0 Å². The van der Waals surface area contributed by atoms with E-state index in [2.05, 4.69) is 0 Å². The van der Waals surface area contributed by atoms with Crippen LogP contribution in [0.2, 0.25) is 0 Å². The first-order valence-electron chi connectivity index (χ1n) is 5.19. The second-order valence-electron chi connectivity index (χ2n) is 3.86. The maximum atomic E-state index is 10.6. The molecule has 0 aromatic carbocycles. The van der Waals surface area contributed by atoms with E-state index >= 15 is 0 Å². The summed E-state index contributed by atoms with van der Waals surface area (Å²) in [5, 5.41) is 20.4. The van der Waals surface area contributed by atoms with E-state index in [-0.39, 0.29) is 5.57 Å². The Hall–Kier alpha value is -1.13. The topological polar surface area (TPSA) is 64.8 Å². The molecule has 4 heteroatoms. The SMILES string of the molecule is CCC[C@H](O)C1=CC=C(C(=O)[O-])C[NH+]1C. The minimum Gasteiger partial charge on any atom is -0.545 e. The van der Waals surface area contributed by atoms with Crippen LogP contribution in [0.4, 0.5) is 0 Å². The summed E-state index contributed by atoms with van der Waals surface area (Å²) in [6.07, 6.45) is 4.34. The summed E-state index contributed by atoms with van der Waals surface area (Å²) in [4.78, 5) is 11.5. The van der Waals surface area contributed by atoms with Crippen molar-refractivity contribution in [2.75, 3.05) is 13.6 Å². The number of rotatable bonds is 4. The van der Waals surface area contributed by atoms with Gasteiger partial charge in [0.15, 0.2) is 0 Å². The number of carbonyl (C=O) groups excluding carboxylic acids is 1.